The first-order valence-electron chi connectivity index (χ1n) is 10.1. The average molecular weight is 466 g/mol. The van der Waals surface area contributed by atoms with Gasteiger partial charge in [-0.15, -0.1) is 0 Å². The van der Waals surface area contributed by atoms with Crippen molar-refractivity contribution in [1.29, 1.82) is 0 Å². The minimum Gasteiger partial charge on any atom is -0.462 e. The molecule has 1 aliphatic heterocycles. The number of nitrogens with zero attached hydrogens (tertiary/aromatic N) is 3. The number of hydrogen-bond acceptors (Lipinski definition) is 6. The van der Waals surface area contributed by atoms with Crippen molar-refractivity contribution in [1.82, 2.24) is 8.87 Å². The zero-order valence-electron chi connectivity index (χ0n) is 18.1. The second-order valence-electron chi connectivity index (χ2n) is 7.52. The van der Waals surface area contributed by atoms with Gasteiger partial charge in [-0.1, -0.05) is 29.0 Å². The molecule has 0 spiro atoms. The minimum atomic E-state index is -3.57. The summed E-state index contributed by atoms with van der Waals surface area (Å²) in [5.41, 5.74) is 1.68. The topological polar surface area (TPSA) is 98.0 Å². The number of amides is 1. The second kappa shape index (κ2) is 9.46. The van der Waals surface area contributed by atoms with Crippen LogP contribution in [0.25, 0.3) is 0 Å². The number of carbonyl (C=O) groups excluding carboxylic acids is 2. The number of ether oxygens (including phenoxy) is 1. The molecular formula is C21H27N3O5S2. The Hall–Kier alpha value is -2.30. The largest absolute Gasteiger partial charge is 0.462 e. The lowest BCUT2D eigenvalue weighted by atomic mass is 9.98. The third-order valence-electron chi connectivity index (χ3n) is 5.44. The Labute approximate surface area is 186 Å². The van der Waals surface area contributed by atoms with Crippen LogP contribution in [0.1, 0.15) is 40.7 Å². The number of sulfonamides is 1. The van der Waals surface area contributed by atoms with E-state index < -0.39 is 16.0 Å². The molecule has 168 valence electrons. The number of piperidine rings is 1. The molecule has 3 rings (SSSR count). The molecule has 0 radical (unpaired) electrons. The Kier molecular flexibility index (Phi) is 7.13. The summed E-state index contributed by atoms with van der Waals surface area (Å²) in [5, 5.41) is 0. The van der Waals surface area contributed by atoms with E-state index in [0.717, 1.165) is 16.9 Å². The van der Waals surface area contributed by atoms with Crippen LogP contribution in [0.2, 0.25) is 0 Å². The number of aromatic nitrogens is 1. The van der Waals surface area contributed by atoms with Gasteiger partial charge in [0.15, 0.2) is 4.80 Å². The lowest BCUT2D eigenvalue weighted by molar-refractivity contribution is -0.122. The summed E-state index contributed by atoms with van der Waals surface area (Å²) in [5.74, 6) is -1.07. The minimum absolute atomic E-state index is 0.264. The molecular weight excluding hydrogens is 438 g/mol. The van der Waals surface area contributed by atoms with Crippen LogP contribution in [0.15, 0.2) is 34.2 Å². The number of carbonyl (C=O) groups is 2. The molecule has 1 aromatic heterocycles. The van der Waals surface area contributed by atoms with Crippen molar-refractivity contribution < 1.29 is 22.7 Å². The van der Waals surface area contributed by atoms with Crippen LogP contribution in [0.4, 0.5) is 0 Å². The molecule has 31 heavy (non-hydrogen) atoms. The Morgan fingerprint density at radius 1 is 1.16 bits per heavy atom. The molecule has 1 fully saturated rings. The summed E-state index contributed by atoms with van der Waals surface area (Å²) in [7, 11) is -1.83. The maximum absolute atomic E-state index is 12.8. The average Bonchev–Trinajstić information content (AvgIpc) is 3.03. The summed E-state index contributed by atoms with van der Waals surface area (Å²) < 4.78 is 33.9. The second-order valence-corrected chi connectivity index (χ2v) is 10.4. The van der Waals surface area contributed by atoms with Crippen LogP contribution in [-0.4, -0.2) is 48.9 Å². The SMILES string of the molecule is CCOC(=O)c1sc(=NC(=O)C2CCN(S(=O)(=O)c3ccc(C)cc3)CC2)n(C)c1C. The highest BCUT2D eigenvalue weighted by Gasteiger charge is 2.32. The van der Waals surface area contributed by atoms with Crippen LogP contribution in [-0.2, 0) is 26.6 Å². The first-order chi connectivity index (χ1) is 14.6. The van der Waals surface area contributed by atoms with Gasteiger partial charge < -0.3 is 9.30 Å². The zero-order chi connectivity index (χ0) is 22.8. The van der Waals surface area contributed by atoms with Gasteiger partial charge in [0.05, 0.1) is 11.5 Å². The van der Waals surface area contributed by atoms with Crippen molar-refractivity contribution in [2.45, 2.75) is 38.5 Å². The number of rotatable bonds is 5. The van der Waals surface area contributed by atoms with Gasteiger partial charge in [0.1, 0.15) is 4.88 Å². The van der Waals surface area contributed by atoms with E-state index in [-0.39, 0.29) is 36.4 Å². The smallest absolute Gasteiger partial charge is 0.350 e. The molecule has 8 nitrogen and oxygen atoms in total. The molecule has 1 aliphatic rings. The predicted molar refractivity (Wildman–Crippen MR) is 117 cm³/mol. The quantitative estimate of drug-likeness (QED) is 0.632. The molecule has 0 N–H and O–H groups in total. The molecule has 0 unspecified atom stereocenters. The highest BCUT2D eigenvalue weighted by Crippen LogP contribution is 2.25. The summed E-state index contributed by atoms with van der Waals surface area (Å²) in [4.78, 5) is 30.2. The zero-order valence-corrected chi connectivity index (χ0v) is 19.8. The van der Waals surface area contributed by atoms with Crippen molar-refractivity contribution in [3.63, 3.8) is 0 Å². The molecule has 0 aliphatic carbocycles. The Balaban J connectivity index is 1.71. The molecule has 0 bridgehead atoms. The normalized spacial score (nSPS) is 16.5. The summed E-state index contributed by atoms with van der Waals surface area (Å²) in [6, 6.07) is 6.76. The van der Waals surface area contributed by atoms with Gasteiger partial charge in [-0.05, 0) is 45.7 Å². The van der Waals surface area contributed by atoms with Crippen molar-refractivity contribution in [2.24, 2.45) is 18.0 Å². The number of thiazole rings is 1. The van der Waals surface area contributed by atoms with Gasteiger partial charge in [0, 0.05) is 31.7 Å². The van der Waals surface area contributed by atoms with Crippen LogP contribution in [0, 0.1) is 19.8 Å². The van der Waals surface area contributed by atoms with Crippen molar-refractivity contribution in [2.75, 3.05) is 19.7 Å². The fraction of sp³-hybridized carbons (Fsp3) is 0.476. The monoisotopic (exact) mass is 465 g/mol. The number of esters is 1. The van der Waals surface area contributed by atoms with Crippen LogP contribution < -0.4 is 4.80 Å². The molecule has 10 heteroatoms. The first-order valence-corrected chi connectivity index (χ1v) is 12.4. The Bertz CT molecular complexity index is 1140. The Morgan fingerprint density at radius 3 is 2.35 bits per heavy atom. The third-order valence-corrected chi connectivity index (χ3v) is 8.57. The molecule has 2 heterocycles. The van der Waals surface area contributed by atoms with E-state index in [1.165, 1.54) is 4.31 Å². The van der Waals surface area contributed by atoms with E-state index in [4.69, 9.17) is 4.74 Å². The van der Waals surface area contributed by atoms with Crippen LogP contribution in [0.5, 0.6) is 0 Å². The molecule has 1 saturated heterocycles. The lowest BCUT2D eigenvalue weighted by Gasteiger charge is -2.29. The molecule has 0 atom stereocenters. The van der Waals surface area contributed by atoms with E-state index in [9.17, 15) is 18.0 Å². The fourth-order valence-electron chi connectivity index (χ4n) is 3.40. The van der Waals surface area contributed by atoms with Crippen molar-refractivity contribution in [3.05, 3.63) is 45.2 Å². The van der Waals surface area contributed by atoms with Gasteiger partial charge in [-0.25, -0.2) is 13.2 Å². The van der Waals surface area contributed by atoms with Gasteiger partial charge in [0.2, 0.25) is 10.0 Å². The number of aryl methyl sites for hydroxylation is 1. The summed E-state index contributed by atoms with van der Waals surface area (Å²) in [6.07, 6.45) is 0.818. The van der Waals surface area contributed by atoms with E-state index in [1.807, 2.05) is 6.92 Å². The maximum atomic E-state index is 12.8. The van der Waals surface area contributed by atoms with Gasteiger partial charge in [0.25, 0.3) is 5.91 Å². The maximum Gasteiger partial charge on any atom is 0.350 e. The number of hydrogen-bond donors (Lipinski definition) is 0. The Morgan fingerprint density at radius 2 is 1.77 bits per heavy atom. The first kappa shape index (κ1) is 23.4. The molecule has 1 amide bonds. The van der Waals surface area contributed by atoms with Gasteiger partial charge in [-0.3, -0.25) is 4.79 Å². The molecule has 1 aromatic carbocycles. The van der Waals surface area contributed by atoms with E-state index in [1.54, 1.807) is 49.7 Å². The summed E-state index contributed by atoms with van der Waals surface area (Å²) >= 11 is 1.12. The van der Waals surface area contributed by atoms with E-state index >= 15 is 0 Å². The van der Waals surface area contributed by atoms with Crippen molar-refractivity contribution in [3.8, 4) is 0 Å². The standard InChI is InChI=1S/C21H27N3O5S2/c1-5-29-20(26)18-15(3)23(4)21(30-18)22-19(25)16-10-12-24(13-11-16)31(27,28)17-8-6-14(2)7-9-17/h6-9,16H,5,10-13H2,1-4H3. The molecule has 2 aromatic rings. The molecule has 0 saturated carbocycles. The fourth-order valence-corrected chi connectivity index (χ4v) is 5.89. The summed E-state index contributed by atoms with van der Waals surface area (Å²) in [6.45, 7) is 6.23. The van der Waals surface area contributed by atoms with E-state index in [0.29, 0.717) is 28.2 Å². The van der Waals surface area contributed by atoms with Crippen LogP contribution >= 0.6 is 11.3 Å². The van der Waals surface area contributed by atoms with E-state index in [2.05, 4.69) is 4.99 Å². The lowest BCUT2D eigenvalue weighted by Crippen LogP contribution is -2.40. The highest BCUT2D eigenvalue weighted by molar-refractivity contribution is 7.89. The highest BCUT2D eigenvalue weighted by atomic mass is 32.2. The van der Waals surface area contributed by atoms with Gasteiger partial charge >= 0.3 is 5.97 Å². The van der Waals surface area contributed by atoms with Crippen molar-refractivity contribution >= 4 is 33.2 Å². The number of benzene rings is 1. The third kappa shape index (κ3) is 4.97. The van der Waals surface area contributed by atoms with Crippen LogP contribution in [0.3, 0.4) is 0 Å². The predicted octanol–water partition coefficient (Wildman–Crippen LogP) is 2.41. The van der Waals surface area contributed by atoms with Gasteiger partial charge in [-0.2, -0.15) is 9.30 Å².